The molecule has 1 aliphatic rings. The van der Waals surface area contributed by atoms with Crippen molar-refractivity contribution in [3.05, 3.63) is 77.1 Å². The van der Waals surface area contributed by atoms with E-state index in [4.69, 9.17) is 5.41 Å². The summed E-state index contributed by atoms with van der Waals surface area (Å²) in [5.41, 5.74) is 2.68. The standard InChI is InChI=1S/C18H24N4O2.C10H15N/c1-3-4-9-20-17-16(12-19)18(24)22(11-10-21(17)2)13-14-5-7-15(23)8-6-14;1-11-9-5-8-10-6-3-2-4-7-10/h5-9,12,19,23H,3-4,10-11,13H2,1-2H3;2-4,6-7,11H,5,8-9H2,1H3/b19-12?,20-9+;. The molecule has 1 aliphatic heterocycles. The molecule has 0 atom stereocenters. The lowest BCUT2D eigenvalue weighted by atomic mass is 10.1. The van der Waals surface area contributed by atoms with Crippen molar-refractivity contribution in [2.24, 2.45) is 4.99 Å². The number of benzene rings is 2. The lowest BCUT2D eigenvalue weighted by molar-refractivity contribution is -0.126. The first-order valence-corrected chi connectivity index (χ1v) is 12.2. The Bertz CT molecular complexity index is 971. The van der Waals surface area contributed by atoms with Gasteiger partial charge in [0.05, 0.1) is 5.57 Å². The van der Waals surface area contributed by atoms with Gasteiger partial charge in [0.2, 0.25) is 0 Å². The first kappa shape index (κ1) is 27.8. The van der Waals surface area contributed by atoms with Crippen LogP contribution in [-0.4, -0.2) is 67.0 Å². The number of hydrogen-bond acceptors (Lipinski definition) is 6. The Kier molecular flexibility index (Phi) is 12.3. The molecule has 188 valence electrons. The molecule has 7 heteroatoms. The summed E-state index contributed by atoms with van der Waals surface area (Å²) >= 11 is 0. The van der Waals surface area contributed by atoms with Crippen molar-refractivity contribution in [3.8, 4) is 5.75 Å². The van der Waals surface area contributed by atoms with E-state index >= 15 is 0 Å². The lowest BCUT2D eigenvalue weighted by Crippen LogP contribution is -2.34. The molecule has 35 heavy (non-hydrogen) atoms. The zero-order chi connectivity index (χ0) is 25.5. The molecule has 1 heterocycles. The smallest absolute Gasteiger partial charge is 0.259 e. The van der Waals surface area contributed by atoms with Crippen molar-refractivity contribution in [2.45, 2.75) is 39.2 Å². The number of phenols is 1. The summed E-state index contributed by atoms with van der Waals surface area (Å²) in [7, 11) is 3.88. The highest BCUT2D eigenvalue weighted by Crippen LogP contribution is 2.19. The largest absolute Gasteiger partial charge is 0.508 e. The van der Waals surface area contributed by atoms with Crippen LogP contribution in [0.2, 0.25) is 0 Å². The van der Waals surface area contributed by atoms with E-state index < -0.39 is 0 Å². The second-order valence-corrected chi connectivity index (χ2v) is 8.49. The molecule has 1 amide bonds. The molecule has 0 saturated carbocycles. The molecule has 0 radical (unpaired) electrons. The summed E-state index contributed by atoms with van der Waals surface area (Å²) in [6, 6.07) is 17.4. The fourth-order valence-corrected chi connectivity index (χ4v) is 3.61. The van der Waals surface area contributed by atoms with Crippen molar-refractivity contribution in [1.82, 2.24) is 15.1 Å². The monoisotopic (exact) mass is 477 g/mol. The SMILES string of the molecule is CCC/C=N/C1=C(C=N)C(=O)N(Cc2ccc(O)cc2)CCN1C.CNCCCc1ccccc1. The molecule has 0 unspecified atom stereocenters. The van der Waals surface area contributed by atoms with E-state index in [1.807, 2.05) is 19.0 Å². The molecular weight excluding hydrogens is 438 g/mol. The van der Waals surface area contributed by atoms with Gasteiger partial charge < -0.3 is 25.6 Å². The minimum Gasteiger partial charge on any atom is -0.508 e. The summed E-state index contributed by atoms with van der Waals surface area (Å²) < 4.78 is 0. The topological polar surface area (TPSA) is 92.0 Å². The Morgan fingerprint density at radius 3 is 2.43 bits per heavy atom. The van der Waals surface area contributed by atoms with Gasteiger partial charge in [0.15, 0.2) is 0 Å². The van der Waals surface area contributed by atoms with Crippen LogP contribution in [-0.2, 0) is 17.8 Å². The number of aliphatic imine (C=N–C) groups is 1. The van der Waals surface area contributed by atoms with Crippen LogP contribution in [0, 0.1) is 5.41 Å². The van der Waals surface area contributed by atoms with Crippen LogP contribution < -0.4 is 5.32 Å². The molecule has 3 N–H and O–H groups in total. The number of carbonyl (C=O) groups is 1. The maximum Gasteiger partial charge on any atom is 0.259 e. The average molecular weight is 478 g/mol. The molecule has 2 aromatic carbocycles. The number of nitrogens with zero attached hydrogens (tertiary/aromatic N) is 3. The third kappa shape index (κ3) is 9.37. The van der Waals surface area contributed by atoms with Gasteiger partial charge in [0.25, 0.3) is 5.91 Å². The lowest BCUT2D eigenvalue weighted by Gasteiger charge is -2.21. The number of nitrogens with one attached hydrogen (secondary N) is 2. The minimum atomic E-state index is -0.189. The van der Waals surface area contributed by atoms with Crippen LogP contribution in [0.4, 0.5) is 0 Å². The number of rotatable bonds is 10. The first-order chi connectivity index (χ1) is 17.0. The number of phenolic OH excluding ortho intramolecular Hbond substituents is 1. The second-order valence-electron chi connectivity index (χ2n) is 8.49. The van der Waals surface area contributed by atoms with Crippen LogP contribution >= 0.6 is 0 Å². The Morgan fingerprint density at radius 2 is 1.80 bits per heavy atom. The summed E-state index contributed by atoms with van der Waals surface area (Å²) in [5.74, 6) is 0.566. The fraction of sp³-hybridized carbons (Fsp3) is 0.393. The van der Waals surface area contributed by atoms with E-state index in [9.17, 15) is 9.90 Å². The van der Waals surface area contributed by atoms with Gasteiger partial charge in [-0.05, 0) is 56.1 Å². The third-order valence-corrected chi connectivity index (χ3v) is 5.65. The molecule has 0 fully saturated rings. The Balaban J connectivity index is 0.000000328. The molecular formula is C28H39N5O2. The molecule has 0 bridgehead atoms. The Hall–Kier alpha value is -3.45. The molecule has 7 nitrogen and oxygen atoms in total. The van der Waals surface area contributed by atoms with Crippen molar-refractivity contribution in [3.63, 3.8) is 0 Å². The van der Waals surface area contributed by atoms with Gasteiger partial charge in [-0.2, -0.15) is 0 Å². The van der Waals surface area contributed by atoms with Gasteiger partial charge in [-0.1, -0.05) is 55.8 Å². The van der Waals surface area contributed by atoms with Crippen LogP contribution in [0.25, 0.3) is 0 Å². The van der Waals surface area contributed by atoms with Crippen molar-refractivity contribution >= 4 is 18.3 Å². The number of amides is 1. The maximum absolute atomic E-state index is 12.8. The number of carbonyl (C=O) groups excluding carboxylic acids is 1. The van der Waals surface area contributed by atoms with E-state index in [0.29, 0.717) is 31.0 Å². The van der Waals surface area contributed by atoms with E-state index in [2.05, 4.69) is 47.6 Å². The van der Waals surface area contributed by atoms with E-state index in [-0.39, 0.29) is 11.7 Å². The predicted octanol–water partition coefficient (Wildman–Crippen LogP) is 4.24. The molecule has 0 saturated heterocycles. The van der Waals surface area contributed by atoms with Crippen LogP contribution in [0.3, 0.4) is 0 Å². The highest BCUT2D eigenvalue weighted by atomic mass is 16.3. The van der Waals surface area contributed by atoms with Crippen molar-refractivity contribution < 1.29 is 9.90 Å². The van der Waals surface area contributed by atoms with E-state index in [0.717, 1.165) is 31.2 Å². The predicted molar refractivity (Wildman–Crippen MR) is 144 cm³/mol. The molecule has 0 aliphatic carbocycles. The van der Waals surface area contributed by atoms with Crippen molar-refractivity contribution in [1.29, 1.82) is 5.41 Å². The Labute approximate surface area is 209 Å². The average Bonchev–Trinajstić information content (AvgIpc) is 2.98. The minimum absolute atomic E-state index is 0.189. The summed E-state index contributed by atoms with van der Waals surface area (Å²) in [6.45, 7) is 4.82. The number of aryl methyl sites for hydroxylation is 1. The number of hydrogen-bond donors (Lipinski definition) is 3. The molecule has 0 spiro atoms. The normalized spacial score (nSPS) is 14.1. The van der Waals surface area contributed by atoms with Gasteiger partial charge in [0.1, 0.15) is 11.6 Å². The second kappa shape index (κ2) is 15.5. The maximum atomic E-state index is 12.8. The van der Waals surface area contributed by atoms with E-state index in [1.165, 1.54) is 18.4 Å². The molecule has 0 aromatic heterocycles. The number of unbranched alkanes of at least 4 members (excludes halogenated alkanes) is 1. The van der Waals surface area contributed by atoms with Gasteiger partial charge >= 0.3 is 0 Å². The number of likely N-dealkylation sites (N-methyl/N-ethyl adjacent to an activating group) is 1. The molecule has 2 aromatic rings. The fourth-order valence-electron chi connectivity index (χ4n) is 3.61. The van der Waals surface area contributed by atoms with Crippen LogP contribution in [0.1, 0.15) is 37.3 Å². The summed E-state index contributed by atoms with van der Waals surface area (Å²) in [4.78, 5) is 20.9. The van der Waals surface area contributed by atoms with Gasteiger partial charge in [-0.25, -0.2) is 4.99 Å². The van der Waals surface area contributed by atoms with Crippen LogP contribution in [0.15, 0.2) is 71.0 Å². The van der Waals surface area contributed by atoms with Gasteiger partial charge in [0, 0.05) is 39.1 Å². The van der Waals surface area contributed by atoms with Gasteiger partial charge in [-0.3, -0.25) is 4.79 Å². The summed E-state index contributed by atoms with van der Waals surface area (Å²) in [6.07, 6.45) is 7.13. The first-order valence-electron chi connectivity index (χ1n) is 12.2. The zero-order valence-electron chi connectivity index (χ0n) is 21.2. The van der Waals surface area contributed by atoms with Gasteiger partial charge in [-0.15, -0.1) is 0 Å². The highest BCUT2D eigenvalue weighted by molar-refractivity contribution is 6.12. The van der Waals surface area contributed by atoms with Crippen LogP contribution in [0.5, 0.6) is 5.75 Å². The quantitative estimate of drug-likeness (QED) is 0.353. The number of aromatic hydroxyl groups is 1. The zero-order valence-corrected chi connectivity index (χ0v) is 21.2. The van der Waals surface area contributed by atoms with E-state index in [1.54, 1.807) is 35.4 Å². The summed E-state index contributed by atoms with van der Waals surface area (Å²) in [5, 5.41) is 20.2. The highest BCUT2D eigenvalue weighted by Gasteiger charge is 2.26. The molecule has 3 rings (SSSR count). The third-order valence-electron chi connectivity index (χ3n) is 5.65. The Morgan fingerprint density at radius 1 is 1.09 bits per heavy atom. The van der Waals surface area contributed by atoms with Crippen molar-refractivity contribution in [2.75, 3.05) is 33.7 Å².